The molecular formula is C43H36Cl2F2N2O2. The number of hydrogen-bond acceptors (Lipinski definition) is 2. The Morgan fingerprint density at radius 1 is 0.608 bits per heavy atom. The molecule has 1 N–H and O–H groups in total. The molecule has 8 heteroatoms. The van der Waals surface area contributed by atoms with Crippen LogP contribution < -0.4 is 0 Å². The van der Waals surface area contributed by atoms with Gasteiger partial charge in [-0.15, -0.1) is 0 Å². The van der Waals surface area contributed by atoms with E-state index in [1.54, 1.807) is 44.2 Å². The Kier molecular flexibility index (Phi) is 11.1. The molecule has 0 atom stereocenters. The van der Waals surface area contributed by atoms with Crippen molar-refractivity contribution in [2.75, 3.05) is 0 Å². The molecule has 2 aromatic heterocycles. The molecule has 0 saturated carbocycles. The minimum Gasteiger partial charge on any atom is -0.358 e. The molecule has 7 rings (SSSR count). The average molecular weight is 722 g/mol. The molecule has 0 bridgehead atoms. The predicted octanol–water partition coefficient (Wildman–Crippen LogP) is 11.4. The van der Waals surface area contributed by atoms with Gasteiger partial charge in [-0.25, -0.2) is 8.78 Å². The SMILES string of the molecule is CC(=O)c1c(CCc2ccc(F)cc2)[nH]c2ccc(Cl)cc12.CC(=O)c1c(CCc2ccc(F)cc2)n(Cc2ccccc2)c2ccc(Cl)cc12. The summed E-state index contributed by atoms with van der Waals surface area (Å²) in [5.41, 5.74) is 8.44. The lowest BCUT2D eigenvalue weighted by molar-refractivity contribution is 0.100. The highest BCUT2D eigenvalue weighted by Gasteiger charge is 2.21. The number of halogens is 4. The Balaban J connectivity index is 0.000000183. The van der Waals surface area contributed by atoms with E-state index in [4.69, 9.17) is 23.2 Å². The molecule has 51 heavy (non-hydrogen) atoms. The van der Waals surface area contributed by atoms with Crippen molar-refractivity contribution < 1.29 is 18.4 Å². The number of nitrogens with one attached hydrogen (secondary N) is 1. The summed E-state index contributed by atoms with van der Waals surface area (Å²) >= 11 is 12.3. The van der Waals surface area contributed by atoms with Crippen molar-refractivity contribution in [2.24, 2.45) is 0 Å². The first-order chi connectivity index (χ1) is 24.6. The quantitative estimate of drug-likeness (QED) is 0.143. The molecule has 0 radical (unpaired) electrons. The molecule has 0 aliphatic rings. The Bertz CT molecular complexity index is 2330. The van der Waals surface area contributed by atoms with Crippen LogP contribution in [0.4, 0.5) is 8.78 Å². The van der Waals surface area contributed by atoms with Crippen LogP contribution in [-0.2, 0) is 32.2 Å². The first kappa shape index (κ1) is 35.8. The highest BCUT2D eigenvalue weighted by molar-refractivity contribution is 6.32. The van der Waals surface area contributed by atoms with Crippen LogP contribution in [0.25, 0.3) is 21.8 Å². The van der Waals surface area contributed by atoms with Gasteiger partial charge in [0.15, 0.2) is 11.6 Å². The van der Waals surface area contributed by atoms with Crippen molar-refractivity contribution in [3.63, 3.8) is 0 Å². The topological polar surface area (TPSA) is 54.9 Å². The number of fused-ring (bicyclic) bond motifs is 2. The number of aryl methyl sites for hydroxylation is 3. The molecular weight excluding hydrogens is 685 g/mol. The Labute approximate surface area is 305 Å². The number of aromatic nitrogens is 2. The average Bonchev–Trinajstić information content (AvgIpc) is 3.62. The van der Waals surface area contributed by atoms with E-state index in [9.17, 15) is 18.4 Å². The number of benzene rings is 5. The minimum atomic E-state index is -0.244. The summed E-state index contributed by atoms with van der Waals surface area (Å²) in [6.07, 6.45) is 2.83. The number of aromatic amines is 1. The highest BCUT2D eigenvalue weighted by atomic mass is 35.5. The number of carbonyl (C=O) groups excluding carboxylic acids is 2. The molecule has 0 spiro atoms. The standard InChI is InChI=1S/C25H21ClFNO.C18H15ClFNO/c1-17(29)25-22-15-20(26)10-14-23(22)28(16-19-5-3-2-4-6-19)24(25)13-9-18-7-11-21(27)12-8-18;1-11(22)18-15-10-13(19)5-9-16(15)21-17(18)8-4-12-2-6-14(20)7-3-12/h2-8,10-12,14-15H,9,13,16H2,1H3;2-3,5-7,9-10,21H,4,8H2,1H3. The Morgan fingerprint density at radius 3 is 1.75 bits per heavy atom. The first-order valence-electron chi connectivity index (χ1n) is 16.7. The summed E-state index contributed by atoms with van der Waals surface area (Å²) in [4.78, 5) is 27.9. The van der Waals surface area contributed by atoms with Crippen LogP contribution in [0.3, 0.4) is 0 Å². The van der Waals surface area contributed by atoms with Crippen molar-refractivity contribution in [2.45, 2.75) is 46.1 Å². The van der Waals surface area contributed by atoms with Crippen LogP contribution in [0.15, 0.2) is 115 Å². The van der Waals surface area contributed by atoms with Gasteiger partial charge in [-0.2, -0.15) is 0 Å². The zero-order valence-corrected chi connectivity index (χ0v) is 29.8. The zero-order valence-electron chi connectivity index (χ0n) is 28.3. The summed E-state index contributed by atoms with van der Waals surface area (Å²) in [5.74, 6) is -0.444. The van der Waals surface area contributed by atoms with Gasteiger partial charge in [-0.05, 0) is 117 Å². The van der Waals surface area contributed by atoms with E-state index >= 15 is 0 Å². The lowest BCUT2D eigenvalue weighted by Gasteiger charge is -2.12. The van der Waals surface area contributed by atoms with Gasteiger partial charge in [-0.3, -0.25) is 9.59 Å². The molecule has 4 nitrogen and oxygen atoms in total. The number of ketones is 2. The normalized spacial score (nSPS) is 11.1. The largest absolute Gasteiger partial charge is 0.358 e. The maximum absolute atomic E-state index is 13.2. The van der Waals surface area contributed by atoms with Crippen LogP contribution in [0.1, 0.15) is 62.6 Å². The van der Waals surface area contributed by atoms with Crippen LogP contribution >= 0.6 is 23.2 Å². The highest BCUT2D eigenvalue weighted by Crippen LogP contribution is 2.32. The van der Waals surface area contributed by atoms with Gasteiger partial charge in [0.2, 0.25) is 0 Å². The number of H-pyrrole nitrogens is 1. The molecule has 0 saturated heterocycles. The van der Waals surface area contributed by atoms with E-state index in [-0.39, 0.29) is 23.2 Å². The fourth-order valence-corrected chi connectivity index (χ4v) is 6.97. The van der Waals surface area contributed by atoms with Crippen LogP contribution in [0, 0.1) is 11.6 Å². The van der Waals surface area contributed by atoms with Gasteiger partial charge in [-0.1, -0.05) is 77.8 Å². The zero-order chi connectivity index (χ0) is 36.1. The maximum Gasteiger partial charge on any atom is 0.162 e. The number of nitrogens with zero attached hydrogens (tertiary/aromatic N) is 1. The van der Waals surface area contributed by atoms with E-state index in [0.29, 0.717) is 35.0 Å². The van der Waals surface area contributed by atoms with E-state index < -0.39 is 0 Å². The van der Waals surface area contributed by atoms with Gasteiger partial charge < -0.3 is 9.55 Å². The second-order valence-electron chi connectivity index (χ2n) is 12.6. The van der Waals surface area contributed by atoms with Crippen LogP contribution in [0.5, 0.6) is 0 Å². The third kappa shape index (κ3) is 8.47. The van der Waals surface area contributed by atoms with Gasteiger partial charge in [0.05, 0.1) is 0 Å². The smallest absolute Gasteiger partial charge is 0.162 e. The van der Waals surface area contributed by atoms with Crippen molar-refractivity contribution in [3.8, 4) is 0 Å². The van der Waals surface area contributed by atoms with Crippen LogP contribution in [0.2, 0.25) is 10.0 Å². The lowest BCUT2D eigenvalue weighted by Crippen LogP contribution is -2.09. The minimum absolute atomic E-state index is 0.0163. The van der Waals surface area contributed by atoms with Gasteiger partial charge in [0.1, 0.15) is 11.6 Å². The molecule has 7 aromatic rings. The Morgan fingerprint density at radius 2 is 1.16 bits per heavy atom. The van der Waals surface area contributed by atoms with E-state index in [2.05, 4.69) is 21.7 Å². The molecule has 0 aliphatic carbocycles. The lowest BCUT2D eigenvalue weighted by atomic mass is 10.0. The van der Waals surface area contributed by atoms with Gasteiger partial charge >= 0.3 is 0 Å². The second-order valence-corrected chi connectivity index (χ2v) is 13.5. The Hall–Kier alpha value is -5.04. The predicted molar refractivity (Wildman–Crippen MR) is 203 cm³/mol. The number of carbonyl (C=O) groups is 2. The number of rotatable bonds is 10. The number of hydrogen-bond donors (Lipinski definition) is 1. The summed E-state index contributed by atoms with van der Waals surface area (Å²) in [5, 5.41) is 2.96. The molecule has 0 amide bonds. The maximum atomic E-state index is 13.2. The van der Waals surface area contributed by atoms with E-state index in [1.165, 1.54) is 24.3 Å². The second kappa shape index (κ2) is 15.9. The molecule has 5 aromatic carbocycles. The van der Waals surface area contributed by atoms with Gasteiger partial charge in [0.25, 0.3) is 0 Å². The summed E-state index contributed by atoms with van der Waals surface area (Å²) in [7, 11) is 0. The van der Waals surface area contributed by atoms with Crippen molar-refractivity contribution >= 4 is 56.6 Å². The third-order valence-electron chi connectivity index (χ3n) is 9.00. The molecule has 258 valence electrons. The molecule has 0 fully saturated rings. The van der Waals surface area contributed by atoms with Gasteiger partial charge in [0, 0.05) is 60.9 Å². The van der Waals surface area contributed by atoms with Crippen molar-refractivity contribution in [3.05, 3.63) is 176 Å². The summed E-state index contributed by atoms with van der Waals surface area (Å²) in [6.45, 7) is 3.83. The van der Waals surface area contributed by atoms with Crippen molar-refractivity contribution in [1.29, 1.82) is 0 Å². The first-order valence-corrected chi connectivity index (χ1v) is 17.5. The molecule has 2 heterocycles. The fraction of sp³-hybridized carbons (Fsp3) is 0.163. The van der Waals surface area contributed by atoms with Crippen molar-refractivity contribution in [1.82, 2.24) is 9.55 Å². The third-order valence-corrected chi connectivity index (χ3v) is 9.47. The summed E-state index contributed by atoms with van der Waals surface area (Å²) < 4.78 is 28.4. The molecule has 0 unspecified atom stereocenters. The van der Waals surface area contributed by atoms with E-state index in [1.807, 2.05) is 48.5 Å². The monoisotopic (exact) mass is 720 g/mol. The van der Waals surface area contributed by atoms with E-state index in [0.717, 1.165) is 68.3 Å². The summed E-state index contributed by atoms with van der Waals surface area (Å²) in [6, 6.07) is 34.4. The number of Topliss-reactive ketones (excluding diaryl/α,β-unsaturated/α-hetero) is 2. The molecule has 0 aliphatic heterocycles. The van der Waals surface area contributed by atoms with Crippen LogP contribution in [-0.4, -0.2) is 21.1 Å². The fourth-order valence-electron chi connectivity index (χ4n) is 6.62.